The highest BCUT2D eigenvalue weighted by Gasteiger charge is 2.20. The molecule has 3 heterocycles. The van der Waals surface area contributed by atoms with E-state index < -0.39 is 0 Å². The lowest BCUT2D eigenvalue weighted by molar-refractivity contribution is 1.18. The highest BCUT2D eigenvalue weighted by atomic mass is 15.0. The number of nitrogens with zero attached hydrogens (tertiary/aromatic N) is 4. The molecule has 0 radical (unpaired) electrons. The van der Waals surface area contributed by atoms with Gasteiger partial charge in [0.15, 0.2) is 5.82 Å². The second kappa shape index (κ2) is 16.0. The molecule has 0 atom stereocenters. The van der Waals surface area contributed by atoms with Crippen LogP contribution >= 0.6 is 0 Å². The van der Waals surface area contributed by atoms with E-state index in [1.165, 1.54) is 65.2 Å². The van der Waals surface area contributed by atoms with E-state index in [1.807, 2.05) is 6.07 Å². The molecule has 0 fully saturated rings. The Kier molecular flexibility index (Phi) is 8.92. The topological polar surface area (TPSA) is 35.6 Å². The molecule has 15 rings (SSSR count). The fraction of sp³-hybridized carbons (Fsp3) is 0. The molecule has 12 aromatic carbocycles. The normalized spacial score (nSPS) is 11.9. The van der Waals surface area contributed by atoms with Crippen LogP contribution in [0.25, 0.3) is 143 Å². The number of rotatable bonds is 6. The largest absolute Gasteiger partial charge is 0.309 e. The van der Waals surface area contributed by atoms with Crippen molar-refractivity contribution in [3.8, 4) is 56.3 Å². The van der Waals surface area contributed by atoms with Gasteiger partial charge in [-0.25, -0.2) is 9.97 Å². The van der Waals surface area contributed by atoms with Crippen LogP contribution in [0.3, 0.4) is 0 Å². The zero-order chi connectivity index (χ0) is 47.3. The van der Waals surface area contributed by atoms with Gasteiger partial charge in [-0.2, -0.15) is 0 Å². The van der Waals surface area contributed by atoms with Crippen molar-refractivity contribution in [2.45, 2.75) is 0 Å². The van der Waals surface area contributed by atoms with Crippen LogP contribution in [-0.2, 0) is 0 Å². The molecule has 0 aliphatic heterocycles. The van der Waals surface area contributed by atoms with Crippen molar-refractivity contribution in [2.75, 3.05) is 0 Å². The second-order valence-corrected chi connectivity index (χ2v) is 18.9. The summed E-state index contributed by atoms with van der Waals surface area (Å²) in [5.74, 6) is 0.704. The summed E-state index contributed by atoms with van der Waals surface area (Å²) in [6.07, 6.45) is 0. The van der Waals surface area contributed by atoms with Gasteiger partial charge in [0, 0.05) is 54.8 Å². The monoisotopic (exact) mass is 914 g/mol. The summed E-state index contributed by atoms with van der Waals surface area (Å²) < 4.78 is 4.78. The van der Waals surface area contributed by atoms with E-state index in [4.69, 9.17) is 9.97 Å². The zero-order valence-corrected chi connectivity index (χ0v) is 39.0. The minimum atomic E-state index is 0.704. The van der Waals surface area contributed by atoms with Crippen LogP contribution in [-0.4, -0.2) is 19.1 Å². The molecule has 3 aromatic heterocycles. The highest BCUT2D eigenvalue weighted by Crippen LogP contribution is 2.43. The van der Waals surface area contributed by atoms with Crippen LogP contribution in [0, 0.1) is 0 Å². The van der Waals surface area contributed by atoms with Gasteiger partial charge in [-0.1, -0.05) is 170 Å². The number of fused-ring (bicyclic) bond motifs is 13. The van der Waals surface area contributed by atoms with Gasteiger partial charge >= 0.3 is 0 Å². The molecule has 0 unspecified atom stereocenters. The minimum Gasteiger partial charge on any atom is -0.309 e. The molecule has 0 aliphatic rings. The number of hydrogen-bond donors (Lipinski definition) is 0. The van der Waals surface area contributed by atoms with Crippen LogP contribution in [0.15, 0.2) is 255 Å². The summed E-state index contributed by atoms with van der Waals surface area (Å²) in [5.41, 5.74) is 15.5. The standard InChI is InChI=1S/C68H42N4/c1-4-17-44(18-5-1)68-69-66(59-35-28-43-16-10-11-23-56(43)67(59)70-68)51-41-49(45-29-33-54-47(38-45)31-36-62-64(54)57-24-12-14-26-60(57)71(62)52-19-6-2-7-20-52)40-50(42-51)46-30-34-55-48(39-46)32-37-63-65(55)58-25-13-15-27-61(58)72(63)53-21-8-3-9-22-53/h1-42H. The molecule has 0 saturated carbocycles. The minimum absolute atomic E-state index is 0.704. The SMILES string of the molecule is c1ccc(-c2nc(-c3cc(-c4ccc5c(ccc6c5c5ccccc5n6-c5ccccc5)c4)cc(-c4ccc5c(ccc6c5c5ccccc5n6-c5ccccc5)c4)c3)c3ccc4ccccc4c3n2)cc1. The molecule has 15 aromatic rings. The number of hydrogen-bond acceptors (Lipinski definition) is 2. The van der Waals surface area contributed by atoms with Crippen molar-refractivity contribution in [2.24, 2.45) is 0 Å². The van der Waals surface area contributed by atoms with Crippen LogP contribution < -0.4 is 0 Å². The summed E-state index contributed by atoms with van der Waals surface area (Å²) >= 11 is 0. The van der Waals surface area contributed by atoms with Gasteiger partial charge in [-0.3, -0.25) is 0 Å². The van der Waals surface area contributed by atoms with Crippen molar-refractivity contribution in [3.05, 3.63) is 255 Å². The summed E-state index contributed by atoms with van der Waals surface area (Å²) in [6, 6.07) is 92.4. The van der Waals surface area contributed by atoms with Gasteiger partial charge < -0.3 is 9.13 Å². The van der Waals surface area contributed by atoms with Crippen molar-refractivity contribution >= 4 is 86.8 Å². The molecule has 4 heteroatoms. The van der Waals surface area contributed by atoms with E-state index in [1.54, 1.807) is 0 Å². The Morgan fingerprint density at radius 2 is 0.708 bits per heavy atom. The predicted molar refractivity (Wildman–Crippen MR) is 302 cm³/mol. The molecular weight excluding hydrogens is 873 g/mol. The van der Waals surface area contributed by atoms with Gasteiger partial charge in [0.2, 0.25) is 0 Å². The summed E-state index contributed by atoms with van der Waals surface area (Å²) in [4.78, 5) is 10.8. The van der Waals surface area contributed by atoms with E-state index in [9.17, 15) is 0 Å². The molecule has 0 N–H and O–H groups in total. The Bertz CT molecular complexity index is 4450. The Labute approximate surface area is 415 Å². The van der Waals surface area contributed by atoms with Gasteiger partial charge in [0.25, 0.3) is 0 Å². The maximum absolute atomic E-state index is 5.48. The van der Waals surface area contributed by atoms with Crippen molar-refractivity contribution in [3.63, 3.8) is 0 Å². The maximum Gasteiger partial charge on any atom is 0.160 e. The molecule has 0 bridgehead atoms. The Balaban J connectivity index is 0.965. The summed E-state index contributed by atoms with van der Waals surface area (Å²) in [5, 5.41) is 13.1. The van der Waals surface area contributed by atoms with Gasteiger partial charge in [-0.15, -0.1) is 0 Å². The van der Waals surface area contributed by atoms with E-state index in [0.29, 0.717) is 5.82 Å². The first kappa shape index (κ1) is 40.3. The van der Waals surface area contributed by atoms with Gasteiger partial charge in [0.05, 0.1) is 33.3 Å². The predicted octanol–water partition coefficient (Wildman–Crippen LogP) is 18.0. The smallest absolute Gasteiger partial charge is 0.160 e. The van der Waals surface area contributed by atoms with Crippen molar-refractivity contribution in [1.82, 2.24) is 19.1 Å². The van der Waals surface area contributed by atoms with E-state index in [-0.39, 0.29) is 0 Å². The first-order valence-corrected chi connectivity index (χ1v) is 24.6. The molecule has 0 aliphatic carbocycles. The molecule has 0 amide bonds. The van der Waals surface area contributed by atoms with E-state index >= 15 is 0 Å². The van der Waals surface area contributed by atoms with Crippen LogP contribution in [0.5, 0.6) is 0 Å². The van der Waals surface area contributed by atoms with Gasteiger partial charge in [-0.05, 0) is 134 Å². The maximum atomic E-state index is 5.48. The number of para-hydroxylation sites is 4. The Morgan fingerprint density at radius 3 is 1.28 bits per heavy atom. The third-order valence-corrected chi connectivity index (χ3v) is 14.8. The van der Waals surface area contributed by atoms with Gasteiger partial charge in [0.1, 0.15) is 0 Å². The lowest BCUT2D eigenvalue weighted by Crippen LogP contribution is -1.97. The fourth-order valence-electron chi connectivity index (χ4n) is 11.6. The Hall–Kier alpha value is -9.64. The second-order valence-electron chi connectivity index (χ2n) is 18.9. The summed E-state index contributed by atoms with van der Waals surface area (Å²) in [6.45, 7) is 0. The lowest BCUT2D eigenvalue weighted by atomic mass is 9.91. The molecular formula is C68H42N4. The molecule has 0 spiro atoms. The average molecular weight is 915 g/mol. The van der Waals surface area contributed by atoms with Crippen LogP contribution in [0.1, 0.15) is 0 Å². The van der Waals surface area contributed by atoms with Crippen molar-refractivity contribution in [1.29, 1.82) is 0 Å². The van der Waals surface area contributed by atoms with Crippen LogP contribution in [0.2, 0.25) is 0 Å². The molecule has 0 saturated heterocycles. The molecule has 72 heavy (non-hydrogen) atoms. The quantitative estimate of drug-likeness (QED) is 0.156. The molecule has 334 valence electrons. The number of benzene rings is 12. The van der Waals surface area contributed by atoms with Crippen molar-refractivity contribution < 1.29 is 0 Å². The van der Waals surface area contributed by atoms with E-state index in [0.717, 1.165) is 72.1 Å². The first-order valence-electron chi connectivity index (χ1n) is 24.6. The molecule has 4 nitrogen and oxygen atoms in total. The third-order valence-electron chi connectivity index (χ3n) is 14.8. The zero-order valence-electron chi connectivity index (χ0n) is 39.0. The van der Waals surface area contributed by atoms with E-state index in [2.05, 4.69) is 258 Å². The fourth-order valence-corrected chi connectivity index (χ4v) is 11.6. The first-order chi connectivity index (χ1) is 35.7. The summed E-state index contributed by atoms with van der Waals surface area (Å²) in [7, 11) is 0. The highest BCUT2D eigenvalue weighted by molar-refractivity contribution is 6.23. The van der Waals surface area contributed by atoms with Crippen LogP contribution in [0.4, 0.5) is 0 Å². The Morgan fingerprint density at radius 1 is 0.250 bits per heavy atom. The third kappa shape index (κ3) is 6.26. The number of aromatic nitrogens is 4. The average Bonchev–Trinajstić information content (AvgIpc) is 3.99. The lowest BCUT2D eigenvalue weighted by Gasteiger charge is -2.15.